The Bertz CT molecular complexity index is 719. The van der Waals surface area contributed by atoms with Gasteiger partial charge in [0, 0.05) is 18.3 Å². The van der Waals surface area contributed by atoms with Crippen LogP contribution in [0.4, 0.5) is 13.2 Å². The number of fused-ring (bicyclic) bond motifs is 1. The van der Waals surface area contributed by atoms with E-state index >= 15 is 0 Å². The zero-order valence-corrected chi connectivity index (χ0v) is 12.5. The van der Waals surface area contributed by atoms with E-state index in [1.165, 1.54) is 6.07 Å². The maximum absolute atomic E-state index is 12.9. The minimum absolute atomic E-state index is 0.00616. The molecule has 3 heterocycles. The van der Waals surface area contributed by atoms with Crippen molar-refractivity contribution in [2.24, 2.45) is 0 Å². The van der Waals surface area contributed by atoms with Gasteiger partial charge in [-0.15, -0.1) is 0 Å². The standard InChI is InChI=1S/C14H16F3N5O/c1-21-6-3-9(4-7-21)19-13(23)10-8-12-18-5-2-11(14(15,16)17)22(12)20-10/h2,5,8-9H,3-4,6-7H2,1H3,(H,19,23). The lowest BCUT2D eigenvalue weighted by atomic mass is 10.1. The summed E-state index contributed by atoms with van der Waals surface area (Å²) >= 11 is 0. The molecule has 0 saturated carbocycles. The summed E-state index contributed by atoms with van der Waals surface area (Å²) in [5.74, 6) is -0.474. The Hall–Kier alpha value is -2.16. The van der Waals surface area contributed by atoms with Crippen molar-refractivity contribution in [1.82, 2.24) is 24.8 Å². The maximum atomic E-state index is 12.9. The lowest BCUT2D eigenvalue weighted by Crippen LogP contribution is -2.43. The van der Waals surface area contributed by atoms with Crippen molar-refractivity contribution in [2.75, 3.05) is 20.1 Å². The number of alkyl halides is 3. The molecule has 0 atom stereocenters. The molecule has 1 saturated heterocycles. The number of carbonyl (C=O) groups is 1. The highest BCUT2D eigenvalue weighted by Crippen LogP contribution is 2.28. The highest BCUT2D eigenvalue weighted by atomic mass is 19.4. The number of amides is 1. The third kappa shape index (κ3) is 3.29. The van der Waals surface area contributed by atoms with Gasteiger partial charge in [0.05, 0.1) is 0 Å². The molecule has 0 unspecified atom stereocenters. The Balaban J connectivity index is 1.82. The quantitative estimate of drug-likeness (QED) is 0.909. The number of rotatable bonds is 2. The Morgan fingerprint density at radius 2 is 2.04 bits per heavy atom. The second kappa shape index (κ2) is 5.80. The summed E-state index contributed by atoms with van der Waals surface area (Å²) in [6.07, 6.45) is -1.89. The number of halogens is 3. The van der Waals surface area contributed by atoms with Crippen LogP contribution in [0.25, 0.3) is 5.65 Å². The van der Waals surface area contributed by atoms with Crippen LogP contribution in [0.5, 0.6) is 0 Å². The molecular formula is C14H16F3N5O. The van der Waals surface area contributed by atoms with Crippen LogP contribution in [0.3, 0.4) is 0 Å². The normalized spacial score (nSPS) is 17.6. The van der Waals surface area contributed by atoms with E-state index in [0.717, 1.165) is 38.2 Å². The molecule has 1 amide bonds. The van der Waals surface area contributed by atoms with Crippen molar-refractivity contribution in [1.29, 1.82) is 0 Å². The van der Waals surface area contributed by atoms with Crippen LogP contribution in [0.1, 0.15) is 29.0 Å². The lowest BCUT2D eigenvalue weighted by molar-refractivity contribution is -0.142. The van der Waals surface area contributed by atoms with E-state index in [4.69, 9.17) is 0 Å². The molecule has 23 heavy (non-hydrogen) atoms. The highest BCUT2D eigenvalue weighted by molar-refractivity contribution is 5.93. The van der Waals surface area contributed by atoms with Crippen molar-refractivity contribution in [3.05, 3.63) is 29.7 Å². The van der Waals surface area contributed by atoms with Crippen molar-refractivity contribution < 1.29 is 18.0 Å². The number of hydrogen-bond acceptors (Lipinski definition) is 4. The van der Waals surface area contributed by atoms with E-state index in [-0.39, 0.29) is 17.4 Å². The molecule has 6 nitrogen and oxygen atoms in total. The smallest absolute Gasteiger partial charge is 0.348 e. The predicted octanol–water partition coefficient (Wildman–Crippen LogP) is 1.57. The number of piperidine rings is 1. The number of likely N-dealkylation sites (tertiary alicyclic amines) is 1. The van der Waals surface area contributed by atoms with Crippen molar-refractivity contribution in [2.45, 2.75) is 25.1 Å². The van der Waals surface area contributed by atoms with Crippen LogP contribution in [0.2, 0.25) is 0 Å². The summed E-state index contributed by atoms with van der Waals surface area (Å²) in [6.45, 7) is 1.74. The molecule has 1 aliphatic heterocycles. The molecule has 1 aliphatic rings. The first-order valence-electron chi connectivity index (χ1n) is 7.26. The minimum atomic E-state index is -4.56. The Morgan fingerprint density at radius 3 is 2.70 bits per heavy atom. The summed E-state index contributed by atoms with van der Waals surface area (Å²) in [5, 5.41) is 6.60. The lowest BCUT2D eigenvalue weighted by Gasteiger charge is -2.29. The zero-order chi connectivity index (χ0) is 16.6. The van der Waals surface area contributed by atoms with Crippen LogP contribution >= 0.6 is 0 Å². The van der Waals surface area contributed by atoms with Crippen molar-refractivity contribution in [3.8, 4) is 0 Å². The number of nitrogens with one attached hydrogen (secondary N) is 1. The minimum Gasteiger partial charge on any atom is -0.348 e. The molecule has 2 aromatic heterocycles. The number of aromatic nitrogens is 3. The molecule has 1 fully saturated rings. The third-order valence-electron chi connectivity index (χ3n) is 3.93. The van der Waals surface area contributed by atoms with Crippen LogP contribution < -0.4 is 5.32 Å². The SMILES string of the molecule is CN1CCC(NC(=O)c2cc3nccc(C(F)(F)F)n3n2)CC1. The zero-order valence-electron chi connectivity index (χ0n) is 12.5. The fourth-order valence-electron chi connectivity index (χ4n) is 2.63. The molecule has 124 valence electrons. The van der Waals surface area contributed by atoms with Gasteiger partial charge in [-0.2, -0.15) is 18.3 Å². The molecule has 2 aromatic rings. The fraction of sp³-hybridized carbons (Fsp3) is 0.500. The Morgan fingerprint density at radius 1 is 1.35 bits per heavy atom. The molecule has 1 N–H and O–H groups in total. The van der Waals surface area contributed by atoms with Crippen molar-refractivity contribution >= 4 is 11.6 Å². The number of carbonyl (C=O) groups excluding carboxylic acids is 1. The largest absolute Gasteiger partial charge is 0.433 e. The van der Waals surface area contributed by atoms with Gasteiger partial charge in [0.25, 0.3) is 5.91 Å². The summed E-state index contributed by atoms with van der Waals surface area (Å²) in [6, 6.07) is 2.11. The first-order chi connectivity index (χ1) is 10.8. The molecule has 9 heteroatoms. The van der Waals surface area contributed by atoms with E-state index in [1.807, 2.05) is 7.05 Å². The topological polar surface area (TPSA) is 62.5 Å². The maximum Gasteiger partial charge on any atom is 0.433 e. The molecule has 0 spiro atoms. The molecule has 0 aliphatic carbocycles. The van der Waals surface area contributed by atoms with Gasteiger partial charge in [-0.1, -0.05) is 0 Å². The Kier molecular flexibility index (Phi) is 3.97. The third-order valence-corrected chi connectivity index (χ3v) is 3.93. The summed E-state index contributed by atoms with van der Waals surface area (Å²) in [7, 11) is 2.00. The van der Waals surface area contributed by atoms with Gasteiger partial charge < -0.3 is 10.2 Å². The van der Waals surface area contributed by atoms with Crippen LogP contribution in [-0.4, -0.2) is 51.6 Å². The van der Waals surface area contributed by atoms with Gasteiger partial charge in [0.1, 0.15) is 5.69 Å². The molecule has 0 bridgehead atoms. The molecule has 3 rings (SSSR count). The number of hydrogen-bond donors (Lipinski definition) is 1. The molecule has 0 radical (unpaired) electrons. The van der Waals surface area contributed by atoms with Gasteiger partial charge >= 0.3 is 6.18 Å². The van der Waals surface area contributed by atoms with Crippen LogP contribution in [0, 0.1) is 0 Å². The summed E-state index contributed by atoms with van der Waals surface area (Å²) < 4.78 is 39.5. The summed E-state index contributed by atoms with van der Waals surface area (Å²) in [4.78, 5) is 18.2. The van der Waals surface area contributed by atoms with Crippen LogP contribution in [0.15, 0.2) is 18.3 Å². The molecular weight excluding hydrogens is 311 g/mol. The second-order valence-electron chi connectivity index (χ2n) is 5.68. The summed E-state index contributed by atoms with van der Waals surface area (Å²) in [5.41, 5.74) is -1.03. The monoisotopic (exact) mass is 327 g/mol. The van der Waals surface area contributed by atoms with Gasteiger partial charge in [-0.3, -0.25) is 4.79 Å². The van der Waals surface area contributed by atoms with E-state index in [1.54, 1.807) is 0 Å². The average Bonchev–Trinajstić information content (AvgIpc) is 2.92. The first-order valence-corrected chi connectivity index (χ1v) is 7.26. The Labute approximate surface area is 130 Å². The van der Waals surface area contributed by atoms with Crippen molar-refractivity contribution in [3.63, 3.8) is 0 Å². The molecule has 0 aromatic carbocycles. The predicted molar refractivity (Wildman–Crippen MR) is 76.0 cm³/mol. The van der Waals surface area contributed by atoms with Gasteiger partial charge in [0.2, 0.25) is 0 Å². The van der Waals surface area contributed by atoms with Gasteiger partial charge in [0.15, 0.2) is 11.3 Å². The number of nitrogens with zero attached hydrogens (tertiary/aromatic N) is 4. The van der Waals surface area contributed by atoms with Crippen LogP contribution in [-0.2, 0) is 6.18 Å². The van der Waals surface area contributed by atoms with E-state index in [9.17, 15) is 18.0 Å². The second-order valence-corrected chi connectivity index (χ2v) is 5.68. The van der Waals surface area contributed by atoms with E-state index < -0.39 is 17.8 Å². The van der Waals surface area contributed by atoms with Gasteiger partial charge in [-0.05, 0) is 39.0 Å². The fourth-order valence-corrected chi connectivity index (χ4v) is 2.63. The van der Waals surface area contributed by atoms with Gasteiger partial charge in [-0.25, -0.2) is 9.50 Å². The van der Waals surface area contributed by atoms with E-state index in [2.05, 4.69) is 20.3 Å². The first kappa shape index (κ1) is 15.7. The van der Waals surface area contributed by atoms with E-state index in [0.29, 0.717) is 4.52 Å². The average molecular weight is 327 g/mol. The highest BCUT2D eigenvalue weighted by Gasteiger charge is 2.34.